The lowest BCUT2D eigenvalue weighted by atomic mass is 10.00. The minimum absolute atomic E-state index is 0.0478. The van der Waals surface area contributed by atoms with E-state index >= 15 is 0 Å². The number of nitrogens with zero attached hydrogens (tertiary/aromatic N) is 2. The third-order valence-corrected chi connectivity index (χ3v) is 7.13. The number of benzene rings is 2. The second-order valence-corrected chi connectivity index (χ2v) is 9.62. The minimum atomic E-state index is -0.171. The first kappa shape index (κ1) is 23.1. The predicted molar refractivity (Wildman–Crippen MR) is 132 cm³/mol. The minimum Gasteiger partial charge on any atom is -0.491 e. The molecule has 0 fully saturated rings. The Morgan fingerprint density at radius 1 is 1.09 bits per heavy atom. The van der Waals surface area contributed by atoms with Gasteiger partial charge in [-0.05, 0) is 68.0 Å². The number of fused-ring (bicyclic) bond motifs is 1. The van der Waals surface area contributed by atoms with Crippen LogP contribution in [0.2, 0.25) is 0 Å². The summed E-state index contributed by atoms with van der Waals surface area (Å²) in [5.41, 5.74) is 2.70. The van der Waals surface area contributed by atoms with Crippen LogP contribution < -0.4 is 4.74 Å². The van der Waals surface area contributed by atoms with E-state index in [1.807, 2.05) is 80.3 Å². The molecule has 0 unspecified atom stereocenters. The first-order valence-corrected chi connectivity index (χ1v) is 12.2. The topological polar surface area (TPSA) is 49.9 Å². The zero-order chi connectivity index (χ0) is 23.4. The van der Waals surface area contributed by atoms with Gasteiger partial charge >= 0.3 is 0 Å². The third-order valence-electron chi connectivity index (χ3n) is 6.13. The van der Waals surface area contributed by atoms with Crippen LogP contribution in [0.3, 0.4) is 0 Å². The van der Waals surface area contributed by atoms with Gasteiger partial charge in [-0.2, -0.15) is 0 Å². The van der Waals surface area contributed by atoms with E-state index in [1.54, 1.807) is 16.2 Å². The molecule has 1 atom stereocenters. The number of ether oxygens (including phenoxy) is 1. The summed E-state index contributed by atoms with van der Waals surface area (Å²) < 4.78 is 6.07. The molecule has 0 bridgehead atoms. The van der Waals surface area contributed by atoms with Crippen LogP contribution in [0.5, 0.6) is 5.75 Å². The molecule has 0 saturated carbocycles. The summed E-state index contributed by atoms with van der Waals surface area (Å²) >= 11 is 1.73. The van der Waals surface area contributed by atoms with Crippen molar-refractivity contribution in [2.75, 3.05) is 19.7 Å². The molecule has 172 valence electrons. The molecule has 2 aromatic carbocycles. The number of carbonyl (C=O) groups excluding carboxylic acids is 2. The van der Waals surface area contributed by atoms with Crippen molar-refractivity contribution in [3.05, 3.63) is 87.6 Å². The van der Waals surface area contributed by atoms with Gasteiger partial charge in [0.25, 0.3) is 5.91 Å². The largest absolute Gasteiger partial charge is 0.491 e. The fourth-order valence-electron chi connectivity index (χ4n) is 4.26. The Morgan fingerprint density at radius 2 is 1.82 bits per heavy atom. The molecule has 1 aliphatic rings. The van der Waals surface area contributed by atoms with Crippen LogP contribution >= 0.6 is 11.3 Å². The Balaban J connectivity index is 1.54. The van der Waals surface area contributed by atoms with E-state index in [0.717, 1.165) is 23.3 Å². The fraction of sp³-hybridized carbons (Fsp3) is 0.333. The highest BCUT2D eigenvalue weighted by molar-refractivity contribution is 7.10. The molecule has 4 rings (SSSR count). The average molecular weight is 463 g/mol. The molecule has 2 amide bonds. The van der Waals surface area contributed by atoms with E-state index in [1.165, 1.54) is 4.88 Å². The van der Waals surface area contributed by atoms with Crippen LogP contribution in [0.25, 0.3) is 0 Å². The molecule has 0 saturated heterocycles. The SMILES string of the molecule is Cc1ccccc1C(=O)N(CC(=O)N1CCc2sccc2[C@@H]1COc1ccccc1)C(C)C. The maximum Gasteiger partial charge on any atom is 0.254 e. The number of amides is 2. The number of aryl methyl sites for hydroxylation is 1. The summed E-state index contributed by atoms with van der Waals surface area (Å²) in [5.74, 6) is 0.622. The number of para-hydroxylation sites is 1. The molecule has 5 nitrogen and oxygen atoms in total. The van der Waals surface area contributed by atoms with Gasteiger partial charge in [-0.25, -0.2) is 0 Å². The van der Waals surface area contributed by atoms with Crippen molar-refractivity contribution >= 4 is 23.2 Å². The van der Waals surface area contributed by atoms with Gasteiger partial charge in [-0.1, -0.05) is 36.4 Å². The molecular formula is C27H30N2O3S. The smallest absolute Gasteiger partial charge is 0.254 e. The Kier molecular flexibility index (Phi) is 7.14. The fourth-order valence-corrected chi connectivity index (χ4v) is 5.19. The Bertz CT molecular complexity index is 1110. The number of rotatable bonds is 7. The Morgan fingerprint density at radius 3 is 2.55 bits per heavy atom. The molecule has 0 N–H and O–H groups in total. The summed E-state index contributed by atoms with van der Waals surface area (Å²) in [7, 11) is 0. The number of hydrogen-bond acceptors (Lipinski definition) is 4. The number of carbonyl (C=O) groups is 2. The van der Waals surface area contributed by atoms with Crippen LogP contribution in [0.15, 0.2) is 66.0 Å². The molecule has 1 aromatic heterocycles. The predicted octanol–water partition coefficient (Wildman–Crippen LogP) is 5.11. The van der Waals surface area contributed by atoms with Gasteiger partial charge in [0, 0.05) is 23.0 Å². The van der Waals surface area contributed by atoms with Gasteiger partial charge in [0.2, 0.25) is 5.91 Å². The summed E-state index contributed by atoms with van der Waals surface area (Å²) in [6, 6.07) is 19.0. The maximum absolute atomic E-state index is 13.6. The highest BCUT2D eigenvalue weighted by Crippen LogP contribution is 2.34. The summed E-state index contributed by atoms with van der Waals surface area (Å²) in [4.78, 5) is 31.7. The summed E-state index contributed by atoms with van der Waals surface area (Å²) in [6.07, 6.45) is 0.827. The molecule has 33 heavy (non-hydrogen) atoms. The van der Waals surface area contributed by atoms with Gasteiger partial charge in [0.15, 0.2) is 0 Å². The van der Waals surface area contributed by atoms with Crippen LogP contribution in [0, 0.1) is 6.92 Å². The maximum atomic E-state index is 13.6. The van der Waals surface area contributed by atoms with Gasteiger partial charge in [0.05, 0.1) is 6.04 Å². The first-order chi connectivity index (χ1) is 16.0. The van der Waals surface area contributed by atoms with Crippen molar-refractivity contribution < 1.29 is 14.3 Å². The lowest BCUT2D eigenvalue weighted by Gasteiger charge is -2.37. The van der Waals surface area contributed by atoms with Crippen molar-refractivity contribution in [2.24, 2.45) is 0 Å². The Labute approximate surface area is 199 Å². The Hall–Kier alpha value is -3.12. The molecule has 0 spiro atoms. The molecule has 3 aromatic rings. The van der Waals surface area contributed by atoms with E-state index < -0.39 is 0 Å². The normalized spacial score (nSPS) is 15.3. The van der Waals surface area contributed by atoms with Gasteiger partial charge in [0.1, 0.15) is 18.9 Å². The third kappa shape index (κ3) is 5.11. The van der Waals surface area contributed by atoms with E-state index in [0.29, 0.717) is 18.7 Å². The standard InChI is InChI=1S/C27H30N2O3S/c1-19(2)29(27(31)22-12-8-7-9-20(22)3)17-26(30)28-15-13-25-23(14-16-33-25)24(28)18-32-21-10-5-4-6-11-21/h4-12,14,16,19,24H,13,15,17-18H2,1-3H3/t24-/m0/s1. The molecule has 0 aliphatic carbocycles. The van der Waals surface area contributed by atoms with E-state index in [-0.39, 0.29) is 30.4 Å². The van der Waals surface area contributed by atoms with Gasteiger partial charge in [-0.3, -0.25) is 9.59 Å². The quantitative estimate of drug-likeness (QED) is 0.490. The zero-order valence-corrected chi connectivity index (χ0v) is 20.2. The monoisotopic (exact) mass is 462 g/mol. The molecule has 2 heterocycles. The molecule has 1 aliphatic heterocycles. The van der Waals surface area contributed by atoms with Crippen LogP contribution in [0.4, 0.5) is 0 Å². The zero-order valence-electron chi connectivity index (χ0n) is 19.4. The van der Waals surface area contributed by atoms with Crippen LogP contribution in [0.1, 0.15) is 46.3 Å². The van der Waals surface area contributed by atoms with Crippen molar-refractivity contribution in [1.82, 2.24) is 9.80 Å². The molecular weight excluding hydrogens is 432 g/mol. The van der Waals surface area contributed by atoms with Crippen molar-refractivity contribution in [3.8, 4) is 5.75 Å². The second kappa shape index (κ2) is 10.2. The van der Waals surface area contributed by atoms with Gasteiger partial charge in [-0.15, -0.1) is 11.3 Å². The van der Waals surface area contributed by atoms with E-state index in [2.05, 4.69) is 11.4 Å². The average Bonchev–Trinajstić information content (AvgIpc) is 3.30. The lowest BCUT2D eigenvalue weighted by molar-refractivity contribution is -0.136. The van der Waals surface area contributed by atoms with Crippen LogP contribution in [-0.2, 0) is 11.2 Å². The summed E-state index contributed by atoms with van der Waals surface area (Å²) in [6.45, 7) is 6.88. The molecule has 0 radical (unpaired) electrons. The van der Waals surface area contributed by atoms with Crippen molar-refractivity contribution in [3.63, 3.8) is 0 Å². The number of hydrogen-bond donors (Lipinski definition) is 0. The molecule has 6 heteroatoms. The van der Waals surface area contributed by atoms with Crippen molar-refractivity contribution in [2.45, 2.75) is 39.3 Å². The van der Waals surface area contributed by atoms with E-state index in [9.17, 15) is 9.59 Å². The number of thiophene rings is 1. The van der Waals surface area contributed by atoms with Crippen LogP contribution in [-0.4, -0.2) is 47.4 Å². The second-order valence-electron chi connectivity index (χ2n) is 8.62. The highest BCUT2D eigenvalue weighted by Gasteiger charge is 2.34. The first-order valence-electron chi connectivity index (χ1n) is 11.4. The highest BCUT2D eigenvalue weighted by atomic mass is 32.1. The lowest BCUT2D eigenvalue weighted by Crippen LogP contribution is -2.49. The van der Waals surface area contributed by atoms with Gasteiger partial charge < -0.3 is 14.5 Å². The van der Waals surface area contributed by atoms with E-state index in [4.69, 9.17) is 4.74 Å². The summed E-state index contributed by atoms with van der Waals surface area (Å²) in [5, 5.41) is 2.08. The van der Waals surface area contributed by atoms with Crippen molar-refractivity contribution in [1.29, 1.82) is 0 Å².